The van der Waals surface area contributed by atoms with Crippen molar-refractivity contribution in [2.45, 2.75) is 151 Å². The summed E-state index contributed by atoms with van der Waals surface area (Å²) >= 11 is 1.24. The topological polar surface area (TPSA) is 263 Å². The van der Waals surface area contributed by atoms with E-state index in [4.69, 9.17) is 0 Å². The number of hydrogen-bond donors (Lipinski definition) is 4. The molecule has 380 valence electrons. The standard InChI is InChI=1S/C27H44N4O7S.C20H35N3O5/c1-17(2)20(32)10-8-7-9-12-31-24(35)14-21(27(31)38)39-13-11-22(33)28-15-25(36)30(6)16-23(34)29-19(5)26(37)18(3)4;1-13(2)16(24)8-7-9-17(25)21-11-10-19(27)23(6)12-18(26)22-15(5)20(28)14(3)4/h17-19,21H,7-16H2,1-6H3,(H,28,33)(H,29,34);13-15H,7-12H2,1-6H3,(H,21,25)(H,22,26). The number of imide groups is 1. The molecule has 1 rings (SSSR count). The minimum Gasteiger partial charge on any atom is -0.356 e. The molecule has 0 bridgehead atoms. The number of likely N-dealkylation sites (tertiary alicyclic amines) is 1. The van der Waals surface area contributed by atoms with E-state index in [0.29, 0.717) is 38.0 Å². The second-order valence-corrected chi connectivity index (χ2v) is 19.5. The first-order chi connectivity index (χ1) is 31.2. The fourth-order valence-electron chi connectivity index (χ4n) is 6.37. The second-order valence-electron chi connectivity index (χ2n) is 18.2. The summed E-state index contributed by atoms with van der Waals surface area (Å²) in [5, 5.41) is 9.76. The van der Waals surface area contributed by atoms with Crippen molar-refractivity contribution in [3.05, 3.63) is 0 Å². The highest BCUT2D eigenvalue weighted by Gasteiger charge is 2.38. The SMILES string of the molecule is CC(C)C(=O)CCCC(=O)NCCC(=O)N(C)CC(=O)NC(C)C(=O)C(C)C.CC(C)C(=O)CCCCCN1C(=O)CC(SCCC(=O)NCC(=O)N(C)CC(=O)NC(C)C(=O)C(C)C)C1=O. The Morgan fingerprint density at radius 1 is 0.567 bits per heavy atom. The molecule has 1 saturated heterocycles. The van der Waals surface area contributed by atoms with Crippen molar-refractivity contribution in [2.24, 2.45) is 23.7 Å². The Hall–Kier alpha value is -5.01. The van der Waals surface area contributed by atoms with Gasteiger partial charge in [0, 0.05) is 95.1 Å². The minimum absolute atomic E-state index is 0.0176. The van der Waals surface area contributed by atoms with E-state index < -0.39 is 35.1 Å². The maximum absolute atomic E-state index is 12.6. The predicted octanol–water partition coefficient (Wildman–Crippen LogP) is 2.40. The average molecular weight is 966 g/mol. The fourth-order valence-corrected chi connectivity index (χ4v) is 7.49. The first kappa shape index (κ1) is 62.0. The van der Waals surface area contributed by atoms with Gasteiger partial charge in [-0.2, -0.15) is 0 Å². The van der Waals surface area contributed by atoms with E-state index in [1.165, 1.54) is 35.7 Å². The molecule has 3 unspecified atom stereocenters. The summed E-state index contributed by atoms with van der Waals surface area (Å²) in [6, 6.07) is -1.25. The summed E-state index contributed by atoms with van der Waals surface area (Å²) in [5.74, 6) is -2.60. The molecule has 0 aliphatic carbocycles. The minimum atomic E-state index is -0.654. The molecule has 0 aromatic heterocycles. The first-order valence-electron chi connectivity index (χ1n) is 23.4. The molecule has 19 nitrogen and oxygen atoms in total. The van der Waals surface area contributed by atoms with Crippen molar-refractivity contribution < 1.29 is 57.5 Å². The maximum atomic E-state index is 12.6. The van der Waals surface area contributed by atoms with E-state index in [1.807, 2.05) is 27.7 Å². The molecule has 20 heteroatoms. The lowest BCUT2D eigenvalue weighted by Gasteiger charge is -2.20. The summed E-state index contributed by atoms with van der Waals surface area (Å²) in [6.07, 6.45) is 4.02. The Morgan fingerprint density at radius 2 is 1.04 bits per heavy atom. The lowest BCUT2D eigenvalue weighted by molar-refractivity contribution is -0.138. The molecule has 67 heavy (non-hydrogen) atoms. The number of Topliss-reactive ketones (excluding diaryl/α,β-unsaturated/α-hetero) is 4. The van der Waals surface area contributed by atoms with E-state index in [-0.39, 0.29) is 128 Å². The van der Waals surface area contributed by atoms with Crippen LogP contribution in [0.3, 0.4) is 0 Å². The third-order valence-corrected chi connectivity index (χ3v) is 11.9. The monoisotopic (exact) mass is 966 g/mol. The van der Waals surface area contributed by atoms with E-state index in [1.54, 1.807) is 41.5 Å². The van der Waals surface area contributed by atoms with Gasteiger partial charge in [0.05, 0.1) is 37.0 Å². The van der Waals surface area contributed by atoms with Crippen LogP contribution in [-0.4, -0.2) is 155 Å². The first-order valence-corrected chi connectivity index (χ1v) is 24.4. The fraction of sp³-hybridized carbons (Fsp3) is 0.745. The van der Waals surface area contributed by atoms with Crippen LogP contribution in [0.4, 0.5) is 0 Å². The Labute approximate surface area is 401 Å². The van der Waals surface area contributed by atoms with E-state index in [2.05, 4.69) is 21.3 Å². The zero-order chi connectivity index (χ0) is 51.6. The van der Waals surface area contributed by atoms with Gasteiger partial charge in [0.2, 0.25) is 47.3 Å². The van der Waals surface area contributed by atoms with Crippen molar-refractivity contribution in [1.29, 1.82) is 0 Å². The van der Waals surface area contributed by atoms with E-state index in [0.717, 1.165) is 17.7 Å². The maximum Gasteiger partial charge on any atom is 0.242 e. The largest absolute Gasteiger partial charge is 0.356 e. The molecular weight excluding hydrogens is 887 g/mol. The van der Waals surface area contributed by atoms with E-state index in [9.17, 15) is 57.5 Å². The molecule has 1 aliphatic heterocycles. The van der Waals surface area contributed by atoms with Crippen LogP contribution < -0.4 is 21.3 Å². The van der Waals surface area contributed by atoms with Crippen LogP contribution in [0, 0.1) is 23.7 Å². The molecule has 4 N–H and O–H groups in total. The van der Waals surface area contributed by atoms with Crippen LogP contribution in [0.15, 0.2) is 0 Å². The van der Waals surface area contributed by atoms with Gasteiger partial charge in [-0.05, 0) is 33.1 Å². The zero-order valence-corrected chi connectivity index (χ0v) is 42.8. The number of rotatable bonds is 31. The summed E-state index contributed by atoms with van der Waals surface area (Å²) < 4.78 is 0. The highest BCUT2D eigenvalue weighted by Crippen LogP contribution is 2.26. The average Bonchev–Trinajstić information content (AvgIpc) is 3.51. The number of unbranched alkanes of at least 4 members (excludes halogenated alkanes) is 2. The number of likely N-dealkylation sites (N-methyl/N-ethyl adjacent to an activating group) is 2. The quantitative estimate of drug-likeness (QED) is 0.0576. The van der Waals surface area contributed by atoms with Gasteiger partial charge in [-0.15, -0.1) is 11.8 Å². The van der Waals surface area contributed by atoms with Crippen LogP contribution in [-0.2, 0) is 57.5 Å². The summed E-state index contributed by atoms with van der Waals surface area (Å²) in [5.41, 5.74) is 0. The highest BCUT2D eigenvalue weighted by molar-refractivity contribution is 8.00. The zero-order valence-electron chi connectivity index (χ0n) is 42.0. The normalized spacial score (nSPS) is 14.3. The van der Waals surface area contributed by atoms with Gasteiger partial charge < -0.3 is 31.1 Å². The molecule has 0 radical (unpaired) electrons. The molecule has 0 saturated carbocycles. The van der Waals surface area contributed by atoms with Crippen molar-refractivity contribution >= 4 is 82.2 Å². The van der Waals surface area contributed by atoms with Crippen LogP contribution in [0.5, 0.6) is 0 Å². The number of nitrogens with zero attached hydrogens (tertiary/aromatic N) is 3. The van der Waals surface area contributed by atoms with Crippen LogP contribution in [0.25, 0.3) is 0 Å². The van der Waals surface area contributed by atoms with E-state index >= 15 is 0 Å². The van der Waals surface area contributed by atoms with Crippen molar-refractivity contribution in [3.8, 4) is 0 Å². The molecule has 8 amide bonds. The predicted molar refractivity (Wildman–Crippen MR) is 255 cm³/mol. The Bertz CT molecular complexity index is 1730. The number of ketones is 4. The summed E-state index contributed by atoms with van der Waals surface area (Å²) in [6.45, 7) is 17.4. The van der Waals surface area contributed by atoms with Crippen molar-refractivity contribution in [1.82, 2.24) is 36.0 Å². The number of thioether (sulfide) groups is 1. The number of carbonyl (C=O) groups is 12. The van der Waals surface area contributed by atoms with Crippen LogP contribution >= 0.6 is 11.8 Å². The Balaban J connectivity index is 0.00000138. The smallest absolute Gasteiger partial charge is 0.242 e. The molecule has 0 spiro atoms. The number of nitrogens with one attached hydrogen (secondary N) is 4. The second kappa shape index (κ2) is 32.7. The van der Waals surface area contributed by atoms with Gasteiger partial charge in [-0.3, -0.25) is 62.4 Å². The number of hydrogen-bond acceptors (Lipinski definition) is 13. The van der Waals surface area contributed by atoms with Crippen molar-refractivity contribution in [2.75, 3.05) is 52.6 Å². The third kappa shape index (κ3) is 26.2. The van der Waals surface area contributed by atoms with Crippen LogP contribution in [0.2, 0.25) is 0 Å². The van der Waals surface area contributed by atoms with Gasteiger partial charge in [0.1, 0.15) is 11.6 Å². The molecule has 0 aromatic rings. The lowest BCUT2D eigenvalue weighted by atomic mass is 10.0. The third-order valence-electron chi connectivity index (χ3n) is 10.7. The van der Waals surface area contributed by atoms with Gasteiger partial charge in [-0.1, -0.05) is 61.8 Å². The lowest BCUT2D eigenvalue weighted by Crippen LogP contribution is -2.47. The van der Waals surface area contributed by atoms with Gasteiger partial charge in [-0.25, -0.2) is 0 Å². The Kier molecular flexibility index (Phi) is 30.2. The Morgan fingerprint density at radius 3 is 1.54 bits per heavy atom. The molecule has 1 heterocycles. The molecule has 0 aromatic carbocycles. The summed E-state index contributed by atoms with van der Waals surface area (Å²) in [7, 11) is 2.93. The van der Waals surface area contributed by atoms with Gasteiger partial charge in [0.25, 0.3) is 0 Å². The summed E-state index contributed by atoms with van der Waals surface area (Å²) in [4.78, 5) is 148. The molecule has 1 fully saturated rings. The van der Waals surface area contributed by atoms with Crippen LogP contribution in [0.1, 0.15) is 133 Å². The van der Waals surface area contributed by atoms with Gasteiger partial charge in [0.15, 0.2) is 11.6 Å². The number of carbonyl (C=O) groups excluding carboxylic acids is 12. The molecule has 1 aliphatic rings. The highest BCUT2D eigenvalue weighted by atomic mass is 32.2. The van der Waals surface area contributed by atoms with Crippen molar-refractivity contribution in [3.63, 3.8) is 0 Å². The molecular formula is C47H79N7O12S. The molecule has 3 atom stereocenters. The number of amides is 8. The van der Waals surface area contributed by atoms with Gasteiger partial charge >= 0.3 is 0 Å².